The van der Waals surface area contributed by atoms with Crippen molar-refractivity contribution in [3.05, 3.63) is 35.1 Å². The zero-order valence-electron chi connectivity index (χ0n) is 12.6. The molecule has 0 saturated carbocycles. The maximum atomic E-state index is 13.2. The summed E-state index contributed by atoms with van der Waals surface area (Å²) in [5, 5.41) is 3.11. The fourth-order valence-electron chi connectivity index (χ4n) is 3.00. The van der Waals surface area contributed by atoms with Crippen LogP contribution in [0.3, 0.4) is 0 Å². The van der Waals surface area contributed by atoms with Crippen molar-refractivity contribution in [2.45, 2.75) is 45.6 Å². The molecule has 0 spiro atoms. The van der Waals surface area contributed by atoms with Gasteiger partial charge in [0.2, 0.25) is 5.91 Å². The number of amides is 1. The smallest absolute Gasteiger partial charge is 0.227 e. The van der Waals surface area contributed by atoms with Crippen LogP contribution in [0.5, 0.6) is 0 Å². The predicted molar refractivity (Wildman–Crippen MR) is 84.9 cm³/mol. The first kappa shape index (κ1) is 17.9. The predicted octanol–water partition coefficient (Wildman–Crippen LogP) is 3.12. The van der Waals surface area contributed by atoms with Crippen molar-refractivity contribution in [2.24, 2.45) is 11.1 Å². The Hall–Kier alpha value is -1.13. The number of hydrogen-bond donors (Lipinski definition) is 2. The van der Waals surface area contributed by atoms with Crippen LogP contribution in [-0.2, 0) is 11.2 Å². The second-order valence-electron chi connectivity index (χ2n) is 5.60. The van der Waals surface area contributed by atoms with E-state index in [9.17, 15) is 9.18 Å². The van der Waals surface area contributed by atoms with Gasteiger partial charge in [-0.15, -0.1) is 12.4 Å². The van der Waals surface area contributed by atoms with Gasteiger partial charge >= 0.3 is 0 Å². The number of halogens is 2. The van der Waals surface area contributed by atoms with Crippen LogP contribution in [0.2, 0.25) is 0 Å². The molecule has 3 nitrogen and oxygen atoms in total. The Morgan fingerprint density at radius 2 is 2.10 bits per heavy atom. The van der Waals surface area contributed by atoms with E-state index < -0.39 is 5.41 Å². The Labute approximate surface area is 131 Å². The molecule has 1 aromatic rings. The Bertz CT molecular complexity index is 495. The Morgan fingerprint density at radius 1 is 1.43 bits per heavy atom. The van der Waals surface area contributed by atoms with Gasteiger partial charge in [-0.25, -0.2) is 4.39 Å². The van der Waals surface area contributed by atoms with Gasteiger partial charge in [-0.3, -0.25) is 4.79 Å². The van der Waals surface area contributed by atoms with Gasteiger partial charge in [0.25, 0.3) is 0 Å². The number of nitrogens with two attached hydrogens (primary N) is 1. The van der Waals surface area contributed by atoms with E-state index >= 15 is 0 Å². The monoisotopic (exact) mass is 314 g/mol. The third-order valence-electron chi connectivity index (χ3n) is 4.71. The van der Waals surface area contributed by atoms with Crippen LogP contribution in [0.25, 0.3) is 0 Å². The van der Waals surface area contributed by atoms with Gasteiger partial charge in [-0.05, 0) is 48.9 Å². The molecule has 1 unspecified atom stereocenters. The molecule has 21 heavy (non-hydrogen) atoms. The van der Waals surface area contributed by atoms with Crippen LogP contribution in [-0.4, -0.2) is 12.5 Å². The lowest BCUT2D eigenvalue weighted by Gasteiger charge is -2.30. The molecule has 118 valence electrons. The summed E-state index contributed by atoms with van der Waals surface area (Å²) >= 11 is 0. The van der Waals surface area contributed by atoms with Gasteiger partial charge in [-0.2, -0.15) is 0 Å². The first-order valence-corrected chi connectivity index (χ1v) is 7.35. The second kappa shape index (κ2) is 7.23. The lowest BCUT2D eigenvalue weighted by molar-refractivity contribution is -0.131. The van der Waals surface area contributed by atoms with E-state index in [-0.39, 0.29) is 30.2 Å². The summed E-state index contributed by atoms with van der Waals surface area (Å²) < 4.78 is 13.2. The number of hydrogen-bond acceptors (Lipinski definition) is 2. The molecule has 0 aromatic heterocycles. The molecule has 1 aliphatic carbocycles. The Morgan fingerprint density at radius 3 is 2.67 bits per heavy atom. The molecule has 0 heterocycles. The Kier molecular flexibility index (Phi) is 6.17. The molecule has 0 radical (unpaired) electrons. The molecule has 3 N–H and O–H groups in total. The first-order valence-electron chi connectivity index (χ1n) is 7.35. The zero-order valence-corrected chi connectivity index (χ0v) is 13.4. The summed E-state index contributed by atoms with van der Waals surface area (Å²) in [5.41, 5.74) is 7.37. The zero-order chi connectivity index (χ0) is 14.8. The number of aryl methyl sites for hydroxylation is 1. The molecule has 1 amide bonds. The third kappa shape index (κ3) is 3.38. The summed E-state index contributed by atoms with van der Waals surface area (Å²) in [4.78, 5) is 12.5. The molecule has 0 bridgehead atoms. The lowest BCUT2D eigenvalue weighted by Crippen LogP contribution is -2.46. The summed E-state index contributed by atoms with van der Waals surface area (Å²) in [6.45, 7) is 4.34. The van der Waals surface area contributed by atoms with Crippen LogP contribution in [0, 0.1) is 11.2 Å². The van der Waals surface area contributed by atoms with Gasteiger partial charge in [0.05, 0.1) is 11.5 Å². The van der Waals surface area contributed by atoms with E-state index in [1.807, 2.05) is 13.8 Å². The van der Waals surface area contributed by atoms with Crippen molar-refractivity contribution in [1.82, 2.24) is 5.32 Å². The SMILES string of the molecule is CCC(CC)(CN)C(=O)NC1CCc2cc(F)ccc21.Cl. The van der Waals surface area contributed by atoms with E-state index in [4.69, 9.17) is 5.73 Å². The van der Waals surface area contributed by atoms with E-state index in [0.29, 0.717) is 6.54 Å². The van der Waals surface area contributed by atoms with Crippen molar-refractivity contribution in [3.8, 4) is 0 Å². The highest BCUT2D eigenvalue weighted by Gasteiger charge is 2.35. The minimum Gasteiger partial charge on any atom is -0.349 e. The highest BCUT2D eigenvalue weighted by Crippen LogP contribution is 2.33. The highest BCUT2D eigenvalue weighted by atomic mass is 35.5. The molecule has 2 rings (SSSR count). The van der Waals surface area contributed by atoms with Crippen molar-refractivity contribution < 1.29 is 9.18 Å². The Balaban J connectivity index is 0.00000220. The molecule has 5 heteroatoms. The van der Waals surface area contributed by atoms with Gasteiger partial charge in [0, 0.05) is 6.54 Å². The van der Waals surface area contributed by atoms with E-state index in [1.165, 1.54) is 6.07 Å². The quantitative estimate of drug-likeness (QED) is 0.877. The van der Waals surface area contributed by atoms with Crippen molar-refractivity contribution in [3.63, 3.8) is 0 Å². The summed E-state index contributed by atoms with van der Waals surface area (Å²) in [6.07, 6.45) is 3.11. The molecule has 1 aromatic carbocycles. The molecule has 1 atom stereocenters. The summed E-state index contributed by atoms with van der Waals surface area (Å²) in [7, 11) is 0. The fourth-order valence-corrected chi connectivity index (χ4v) is 3.00. The molecule has 0 aliphatic heterocycles. The van der Waals surface area contributed by atoms with Gasteiger partial charge in [0.1, 0.15) is 5.82 Å². The highest BCUT2D eigenvalue weighted by molar-refractivity contribution is 5.85. The lowest BCUT2D eigenvalue weighted by atomic mass is 9.81. The number of fused-ring (bicyclic) bond motifs is 1. The molecule has 0 fully saturated rings. The minimum atomic E-state index is -0.483. The normalized spacial score (nSPS) is 17.0. The number of carbonyl (C=O) groups is 1. The van der Waals surface area contributed by atoms with Crippen molar-refractivity contribution >= 4 is 18.3 Å². The van der Waals surface area contributed by atoms with Crippen molar-refractivity contribution in [1.29, 1.82) is 0 Å². The topological polar surface area (TPSA) is 55.1 Å². The number of carbonyl (C=O) groups excluding carboxylic acids is 1. The largest absolute Gasteiger partial charge is 0.349 e. The number of benzene rings is 1. The standard InChI is InChI=1S/C16H23FN2O.ClH/c1-3-16(4-2,10-18)15(20)19-14-8-5-11-9-12(17)6-7-13(11)14;/h6-7,9,14H,3-5,8,10,18H2,1-2H3,(H,19,20);1H. The van der Waals surface area contributed by atoms with Gasteiger partial charge < -0.3 is 11.1 Å². The average Bonchev–Trinajstić information content (AvgIpc) is 2.83. The van der Waals surface area contributed by atoms with Gasteiger partial charge in [-0.1, -0.05) is 19.9 Å². The van der Waals surface area contributed by atoms with E-state index in [1.54, 1.807) is 12.1 Å². The fraction of sp³-hybridized carbons (Fsp3) is 0.562. The maximum absolute atomic E-state index is 13.2. The summed E-state index contributed by atoms with van der Waals surface area (Å²) in [6, 6.07) is 4.79. The molecule has 0 saturated heterocycles. The van der Waals surface area contributed by atoms with Crippen LogP contribution in [0.4, 0.5) is 4.39 Å². The van der Waals surface area contributed by atoms with Crippen LogP contribution in [0.15, 0.2) is 18.2 Å². The van der Waals surface area contributed by atoms with Crippen molar-refractivity contribution in [2.75, 3.05) is 6.54 Å². The number of nitrogens with one attached hydrogen (secondary N) is 1. The van der Waals surface area contributed by atoms with Crippen LogP contribution >= 0.6 is 12.4 Å². The number of rotatable bonds is 5. The van der Waals surface area contributed by atoms with Crippen LogP contribution < -0.4 is 11.1 Å². The molecular formula is C16H24ClFN2O. The van der Waals surface area contributed by atoms with E-state index in [2.05, 4.69) is 5.32 Å². The first-order chi connectivity index (χ1) is 9.56. The second-order valence-corrected chi connectivity index (χ2v) is 5.60. The molecule has 1 aliphatic rings. The minimum absolute atomic E-state index is 0. The van der Waals surface area contributed by atoms with Crippen LogP contribution in [0.1, 0.15) is 50.3 Å². The van der Waals surface area contributed by atoms with Gasteiger partial charge in [0.15, 0.2) is 0 Å². The summed E-state index contributed by atoms with van der Waals surface area (Å²) in [5.74, 6) is -0.193. The maximum Gasteiger partial charge on any atom is 0.227 e. The average molecular weight is 315 g/mol. The van der Waals surface area contributed by atoms with E-state index in [0.717, 1.165) is 36.8 Å². The molecular weight excluding hydrogens is 291 g/mol. The third-order valence-corrected chi connectivity index (χ3v) is 4.71.